The maximum atomic E-state index is 10.7. The number of Topliss-reactive ketones (excluding diaryl/α,β-unsaturated/α-hetero) is 1. The number of rotatable bonds is 5. The standard InChI is InChI=1S/C14H15NO2/c1-11(16)6-7-17-10-12-8-13-4-2-3-5-14(13)15-9-12/h2-5,8-9H,6-7,10H2,1H3. The Kier molecular flexibility index (Phi) is 3.83. The molecule has 0 aliphatic heterocycles. The van der Waals surface area contributed by atoms with Crippen molar-refractivity contribution >= 4 is 16.7 Å². The number of carbonyl (C=O) groups is 1. The third-order valence-electron chi connectivity index (χ3n) is 2.51. The van der Waals surface area contributed by atoms with Gasteiger partial charge in [0.1, 0.15) is 5.78 Å². The lowest BCUT2D eigenvalue weighted by Gasteiger charge is -2.04. The average Bonchev–Trinajstić information content (AvgIpc) is 2.34. The number of hydrogen-bond acceptors (Lipinski definition) is 3. The zero-order valence-corrected chi connectivity index (χ0v) is 9.85. The van der Waals surface area contributed by atoms with Crippen molar-refractivity contribution in [3.63, 3.8) is 0 Å². The Bertz CT molecular complexity index is 522. The first kappa shape index (κ1) is 11.7. The molecule has 2 aromatic rings. The highest BCUT2D eigenvalue weighted by molar-refractivity contribution is 5.78. The lowest BCUT2D eigenvalue weighted by molar-refractivity contribution is -0.118. The van der Waals surface area contributed by atoms with Crippen molar-refractivity contribution in [2.45, 2.75) is 20.0 Å². The van der Waals surface area contributed by atoms with Crippen LogP contribution in [0.4, 0.5) is 0 Å². The Balaban J connectivity index is 1.97. The lowest BCUT2D eigenvalue weighted by atomic mass is 10.2. The summed E-state index contributed by atoms with van der Waals surface area (Å²) in [6.07, 6.45) is 2.29. The Morgan fingerprint density at radius 1 is 1.35 bits per heavy atom. The fourth-order valence-corrected chi connectivity index (χ4v) is 1.60. The van der Waals surface area contributed by atoms with Gasteiger partial charge in [-0.15, -0.1) is 0 Å². The molecule has 1 aromatic heterocycles. The second kappa shape index (κ2) is 5.55. The highest BCUT2D eigenvalue weighted by atomic mass is 16.5. The predicted octanol–water partition coefficient (Wildman–Crippen LogP) is 2.73. The van der Waals surface area contributed by atoms with Crippen LogP contribution in [0.15, 0.2) is 36.5 Å². The molecule has 1 aromatic carbocycles. The highest BCUT2D eigenvalue weighted by Gasteiger charge is 1.98. The van der Waals surface area contributed by atoms with Gasteiger partial charge in [-0.25, -0.2) is 0 Å². The summed E-state index contributed by atoms with van der Waals surface area (Å²) in [5, 5.41) is 1.11. The van der Waals surface area contributed by atoms with E-state index >= 15 is 0 Å². The molecule has 0 saturated carbocycles. The molecule has 3 heteroatoms. The molecule has 0 unspecified atom stereocenters. The molecule has 3 nitrogen and oxygen atoms in total. The number of carbonyl (C=O) groups excluding carboxylic acids is 1. The van der Waals surface area contributed by atoms with Gasteiger partial charge in [-0.1, -0.05) is 18.2 Å². The Morgan fingerprint density at radius 2 is 2.18 bits per heavy atom. The number of hydrogen-bond donors (Lipinski definition) is 0. The Labute approximate surface area is 100 Å². The molecule has 0 radical (unpaired) electrons. The Hall–Kier alpha value is -1.74. The first-order chi connectivity index (χ1) is 8.25. The summed E-state index contributed by atoms with van der Waals surface area (Å²) in [7, 11) is 0. The summed E-state index contributed by atoms with van der Waals surface area (Å²) < 4.78 is 5.42. The number of para-hydroxylation sites is 1. The van der Waals surface area contributed by atoms with Crippen molar-refractivity contribution in [2.75, 3.05) is 6.61 Å². The van der Waals surface area contributed by atoms with Gasteiger partial charge in [0.25, 0.3) is 0 Å². The number of benzene rings is 1. The second-order valence-corrected chi connectivity index (χ2v) is 4.04. The monoisotopic (exact) mass is 229 g/mol. The molecule has 0 atom stereocenters. The first-order valence-electron chi connectivity index (χ1n) is 5.66. The van der Waals surface area contributed by atoms with Gasteiger partial charge in [0.2, 0.25) is 0 Å². The van der Waals surface area contributed by atoms with E-state index in [1.165, 1.54) is 0 Å². The van der Waals surface area contributed by atoms with E-state index in [0.717, 1.165) is 16.5 Å². The van der Waals surface area contributed by atoms with Crippen molar-refractivity contribution < 1.29 is 9.53 Å². The molecule has 0 fully saturated rings. The third-order valence-corrected chi connectivity index (χ3v) is 2.51. The fraction of sp³-hybridized carbons (Fsp3) is 0.286. The molecule has 0 N–H and O–H groups in total. The van der Waals surface area contributed by atoms with Crippen molar-refractivity contribution in [1.82, 2.24) is 4.98 Å². The van der Waals surface area contributed by atoms with Crippen LogP contribution in [0.3, 0.4) is 0 Å². The normalized spacial score (nSPS) is 10.6. The van der Waals surface area contributed by atoms with Gasteiger partial charge in [-0.2, -0.15) is 0 Å². The van der Waals surface area contributed by atoms with Gasteiger partial charge in [0.05, 0.1) is 18.7 Å². The van der Waals surface area contributed by atoms with Crippen LogP contribution in [-0.2, 0) is 16.1 Å². The molecule has 0 spiro atoms. The molecule has 1 heterocycles. The van der Waals surface area contributed by atoms with Gasteiger partial charge in [-0.3, -0.25) is 9.78 Å². The van der Waals surface area contributed by atoms with E-state index in [1.54, 1.807) is 6.92 Å². The van der Waals surface area contributed by atoms with Crippen LogP contribution in [0.2, 0.25) is 0 Å². The number of pyridine rings is 1. The molecular weight excluding hydrogens is 214 g/mol. The summed E-state index contributed by atoms with van der Waals surface area (Å²) in [6, 6.07) is 10.0. The largest absolute Gasteiger partial charge is 0.376 e. The van der Waals surface area contributed by atoms with E-state index in [1.807, 2.05) is 30.5 Å². The summed E-state index contributed by atoms with van der Waals surface area (Å²) in [5.74, 6) is 0.154. The van der Waals surface area contributed by atoms with Gasteiger partial charge >= 0.3 is 0 Å². The van der Waals surface area contributed by atoms with Crippen LogP contribution in [-0.4, -0.2) is 17.4 Å². The first-order valence-corrected chi connectivity index (χ1v) is 5.66. The fourth-order valence-electron chi connectivity index (χ4n) is 1.60. The van der Waals surface area contributed by atoms with Gasteiger partial charge in [-0.05, 0) is 24.6 Å². The molecule has 88 valence electrons. The maximum absolute atomic E-state index is 10.7. The summed E-state index contributed by atoms with van der Waals surface area (Å²) >= 11 is 0. The van der Waals surface area contributed by atoms with E-state index < -0.39 is 0 Å². The molecule has 0 aliphatic rings. The van der Waals surface area contributed by atoms with Crippen LogP contribution in [0.5, 0.6) is 0 Å². The predicted molar refractivity (Wildman–Crippen MR) is 66.7 cm³/mol. The van der Waals surface area contributed by atoms with E-state index in [4.69, 9.17) is 4.74 Å². The number of ketones is 1. The Morgan fingerprint density at radius 3 is 3.00 bits per heavy atom. The minimum absolute atomic E-state index is 0.154. The van der Waals surface area contributed by atoms with Crippen molar-refractivity contribution in [2.24, 2.45) is 0 Å². The van der Waals surface area contributed by atoms with E-state index in [9.17, 15) is 4.79 Å². The minimum atomic E-state index is 0.154. The minimum Gasteiger partial charge on any atom is -0.376 e. The summed E-state index contributed by atoms with van der Waals surface area (Å²) in [6.45, 7) is 2.55. The highest BCUT2D eigenvalue weighted by Crippen LogP contribution is 2.13. The van der Waals surface area contributed by atoms with Crippen LogP contribution in [0, 0.1) is 0 Å². The summed E-state index contributed by atoms with van der Waals surface area (Å²) in [5.41, 5.74) is 2.02. The SMILES string of the molecule is CC(=O)CCOCc1cnc2ccccc2c1. The molecule has 17 heavy (non-hydrogen) atoms. The quantitative estimate of drug-likeness (QED) is 0.740. The smallest absolute Gasteiger partial charge is 0.132 e. The molecule has 0 saturated heterocycles. The zero-order valence-electron chi connectivity index (χ0n) is 9.85. The van der Waals surface area contributed by atoms with Crippen molar-refractivity contribution in [1.29, 1.82) is 0 Å². The van der Waals surface area contributed by atoms with Crippen LogP contribution in [0.25, 0.3) is 10.9 Å². The molecule has 0 amide bonds. The average molecular weight is 229 g/mol. The third kappa shape index (κ3) is 3.36. The van der Waals surface area contributed by atoms with Crippen LogP contribution < -0.4 is 0 Å². The van der Waals surface area contributed by atoms with Crippen LogP contribution >= 0.6 is 0 Å². The number of ether oxygens (including phenoxy) is 1. The van der Waals surface area contributed by atoms with E-state index in [0.29, 0.717) is 19.6 Å². The zero-order chi connectivity index (χ0) is 12.1. The van der Waals surface area contributed by atoms with Crippen molar-refractivity contribution in [3.05, 3.63) is 42.1 Å². The van der Waals surface area contributed by atoms with E-state index in [-0.39, 0.29) is 5.78 Å². The van der Waals surface area contributed by atoms with Crippen molar-refractivity contribution in [3.8, 4) is 0 Å². The lowest BCUT2D eigenvalue weighted by Crippen LogP contribution is -2.00. The van der Waals surface area contributed by atoms with Gasteiger partial charge in [0.15, 0.2) is 0 Å². The van der Waals surface area contributed by atoms with Gasteiger partial charge in [0, 0.05) is 18.0 Å². The number of fused-ring (bicyclic) bond motifs is 1. The molecule has 2 rings (SSSR count). The molecule has 0 bridgehead atoms. The van der Waals surface area contributed by atoms with Gasteiger partial charge < -0.3 is 4.74 Å². The van der Waals surface area contributed by atoms with Crippen LogP contribution in [0.1, 0.15) is 18.9 Å². The maximum Gasteiger partial charge on any atom is 0.132 e. The number of nitrogens with zero attached hydrogens (tertiary/aromatic N) is 1. The second-order valence-electron chi connectivity index (χ2n) is 4.04. The molecule has 0 aliphatic carbocycles. The topological polar surface area (TPSA) is 39.2 Å². The number of aromatic nitrogens is 1. The summed E-state index contributed by atoms with van der Waals surface area (Å²) in [4.78, 5) is 15.1. The molecular formula is C14H15NO2. The van der Waals surface area contributed by atoms with E-state index in [2.05, 4.69) is 11.1 Å².